The maximum absolute atomic E-state index is 8.61. The van der Waals surface area contributed by atoms with Gasteiger partial charge < -0.3 is 11.4 Å². The number of rotatable bonds is 2. The minimum atomic E-state index is 0. The van der Waals surface area contributed by atoms with Crippen LogP contribution >= 0.6 is 0 Å². The second-order valence-electron chi connectivity index (χ2n) is 3.15. The first kappa shape index (κ1) is 13.0. The van der Waals surface area contributed by atoms with Crippen LogP contribution in [-0.2, 0) is 0 Å². The molecule has 1 N–H and O–H groups in total. The smallest absolute Gasteiger partial charge is 1.00 e. The number of oxime groups is 1. The number of ether oxygens (including phenoxy) is 1. The molecule has 0 fully saturated rings. The standard InChI is InChI=1S/C12H11NO2.Na.H/c1-15-12-7-6-9-4-2-3-5-10(9)11(12)8-13-14;;/h2-8,14H,1H3;;/q;+1;-1. The predicted molar refractivity (Wildman–Crippen MR) is 61.0 cm³/mol. The summed E-state index contributed by atoms with van der Waals surface area (Å²) in [6.07, 6.45) is 1.39. The van der Waals surface area contributed by atoms with Gasteiger partial charge in [0.2, 0.25) is 0 Å². The molecule has 2 rings (SSSR count). The van der Waals surface area contributed by atoms with Gasteiger partial charge in [0.1, 0.15) is 5.75 Å². The molecule has 0 aliphatic carbocycles. The van der Waals surface area contributed by atoms with Crippen LogP contribution in [0.2, 0.25) is 0 Å². The molecule has 0 aliphatic heterocycles. The monoisotopic (exact) mass is 225 g/mol. The number of hydrogen-bond acceptors (Lipinski definition) is 3. The van der Waals surface area contributed by atoms with Crippen molar-refractivity contribution in [1.82, 2.24) is 0 Å². The quantitative estimate of drug-likeness (QED) is 0.332. The largest absolute Gasteiger partial charge is 1.00 e. The molecule has 0 radical (unpaired) electrons. The van der Waals surface area contributed by atoms with E-state index in [0.717, 1.165) is 16.3 Å². The van der Waals surface area contributed by atoms with E-state index in [0.29, 0.717) is 5.75 Å². The Morgan fingerprint density at radius 1 is 1.25 bits per heavy atom. The van der Waals surface area contributed by atoms with Crippen LogP contribution in [0.3, 0.4) is 0 Å². The van der Waals surface area contributed by atoms with E-state index in [9.17, 15) is 0 Å². The summed E-state index contributed by atoms with van der Waals surface area (Å²) in [6.45, 7) is 0. The van der Waals surface area contributed by atoms with E-state index in [1.54, 1.807) is 7.11 Å². The average Bonchev–Trinajstić information content (AvgIpc) is 2.30. The van der Waals surface area contributed by atoms with Gasteiger partial charge >= 0.3 is 29.6 Å². The first-order chi connectivity index (χ1) is 7.36. The van der Waals surface area contributed by atoms with Gasteiger partial charge in [-0.05, 0) is 16.8 Å². The minimum Gasteiger partial charge on any atom is -1.00 e. The van der Waals surface area contributed by atoms with Crippen LogP contribution in [-0.4, -0.2) is 18.5 Å². The molecule has 0 saturated carbocycles. The molecule has 4 heteroatoms. The fraction of sp³-hybridized carbons (Fsp3) is 0.0833. The zero-order valence-corrected chi connectivity index (χ0v) is 11.3. The SMILES string of the molecule is COc1ccc2ccccc2c1C=NO.[H-].[Na+]. The molecule has 0 aromatic heterocycles. The molecule has 78 valence electrons. The van der Waals surface area contributed by atoms with Crippen molar-refractivity contribution in [2.75, 3.05) is 7.11 Å². The summed E-state index contributed by atoms with van der Waals surface area (Å²) in [5, 5.41) is 13.8. The van der Waals surface area contributed by atoms with Crippen molar-refractivity contribution >= 4 is 17.0 Å². The van der Waals surface area contributed by atoms with E-state index in [2.05, 4.69) is 5.16 Å². The van der Waals surface area contributed by atoms with Crippen molar-refractivity contribution in [2.45, 2.75) is 0 Å². The van der Waals surface area contributed by atoms with Crippen molar-refractivity contribution in [2.24, 2.45) is 5.16 Å². The van der Waals surface area contributed by atoms with Gasteiger partial charge in [0, 0.05) is 5.56 Å². The fourth-order valence-electron chi connectivity index (χ4n) is 1.64. The Morgan fingerprint density at radius 2 is 2.00 bits per heavy atom. The molecule has 0 heterocycles. The zero-order valence-electron chi connectivity index (χ0n) is 10.3. The molecular weight excluding hydrogens is 213 g/mol. The van der Waals surface area contributed by atoms with Crippen LogP contribution in [0.25, 0.3) is 10.8 Å². The van der Waals surface area contributed by atoms with Gasteiger partial charge in [0.15, 0.2) is 0 Å². The molecule has 0 bridgehead atoms. The van der Waals surface area contributed by atoms with E-state index in [1.165, 1.54) is 6.21 Å². The topological polar surface area (TPSA) is 41.8 Å². The van der Waals surface area contributed by atoms with E-state index < -0.39 is 0 Å². The van der Waals surface area contributed by atoms with Gasteiger partial charge in [0.05, 0.1) is 13.3 Å². The molecule has 0 amide bonds. The van der Waals surface area contributed by atoms with Gasteiger partial charge in [-0.1, -0.05) is 35.5 Å². The van der Waals surface area contributed by atoms with E-state index in [4.69, 9.17) is 9.94 Å². The van der Waals surface area contributed by atoms with Gasteiger partial charge in [-0.15, -0.1) is 0 Å². The van der Waals surface area contributed by atoms with Crippen LogP contribution < -0.4 is 34.3 Å². The molecule has 0 atom stereocenters. The summed E-state index contributed by atoms with van der Waals surface area (Å²) < 4.78 is 5.20. The molecule has 2 aromatic rings. The molecule has 0 spiro atoms. The first-order valence-corrected chi connectivity index (χ1v) is 4.60. The van der Waals surface area contributed by atoms with E-state index in [-0.39, 0.29) is 31.0 Å². The van der Waals surface area contributed by atoms with Crippen LogP contribution in [0.15, 0.2) is 41.6 Å². The van der Waals surface area contributed by atoms with Gasteiger partial charge in [-0.25, -0.2) is 0 Å². The zero-order chi connectivity index (χ0) is 10.7. The third-order valence-corrected chi connectivity index (χ3v) is 2.34. The molecule has 0 aliphatic rings. The summed E-state index contributed by atoms with van der Waals surface area (Å²) in [4.78, 5) is 0. The summed E-state index contributed by atoms with van der Waals surface area (Å²) in [6, 6.07) is 11.7. The Balaban J connectivity index is 0.00000128. The van der Waals surface area contributed by atoms with Crippen LogP contribution in [0, 0.1) is 0 Å². The Hall–Kier alpha value is -1.03. The molecule has 16 heavy (non-hydrogen) atoms. The number of methoxy groups -OCH3 is 1. The normalized spacial score (nSPS) is 10.3. The predicted octanol–water partition coefficient (Wildman–Crippen LogP) is -0.227. The maximum atomic E-state index is 8.61. The number of benzene rings is 2. The average molecular weight is 225 g/mol. The second-order valence-corrected chi connectivity index (χ2v) is 3.15. The Bertz CT molecular complexity index is 517. The Kier molecular flexibility index (Phi) is 4.80. The van der Waals surface area contributed by atoms with Crippen molar-refractivity contribution < 1.29 is 40.9 Å². The number of fused-ring (bicyclic) bond motifs is 1. The second kappa shape index (κ2) is 5.89. The number of hydrogen-bond donors (Lipinski definition) is 1. The Labute approximate surface area is 117 Å². The van der Waals surface area contributed by atoms with Gasteiger partial charge in [-0.3, -0.25) is 0 Å². The van der Waals surface area contributed by atoms with Crippen molar-refractivity contribution in [3.63, 3.8) is 0 Å². The van der Waals surface area contributed by atoms with E-state index >= 15 is 0 Å². The van der Waals surface area contributed by atoms with Crippen LogP contribution in [0.4, 0.5) is 0 Å². The van der Waals surface area contributed by atoms with Gasteiger partial charge in [-0.2, -0.15) is 0 Å². The van der Waals surface area contributed by atoms with Crippen LogP contribution in [0.1, 0.15) is 6.99 Å². The first-order valence-electron chi connectivity index (χ1n) is 4.60. The summed E-state index contributed by atoms with van der Waals surface area (Å²) >= 11 is 0. The third kappa shape index (κ3) is 2.38. The van der Waals surface area contributed by atoms with Gasteiger partial charge in [0.25, 0.3) is 0 Å². The molecule has 3 nitrogen and oxygen atoms in total. The number of nitrogens with zero attached hydrogens (tertiary/aromatic N) is 1. The maximum Gasteiger partial charge on any atom is 1.00 e. The summed E-state index contributed by atoms with van der Waals surface area (Å²) in [7, 11) is 1.60. The third-order valence-electron chi connectivity index (χ3n) is 2.34. The molecule has 2 aromatic carbocycles. The molecule has 0 unspecified atom stereocenters. The summed E-state index contributed by atoms with van der Waals surface area (Å²) in [5.74, 6) is 0.700. The molecule has 0 saturated heterocycles. The van der Waals surface area contributed by atoms with Crippen LogP contribution in [0.5, 0.6) is 5.75 Å². The van der Waals surface area contributed by atoms with Crippen molar-refractivity contribution in [3.05, 3.63) is 42.0 Å². The van der Waals surface area contributed by atoms with E-state index in [1.807, 2.05) is 36.4 Å². The fourth-order valence-corrected chi connectivity index (χ4v) is 1.64. The van der Waals surface area contributed by atoms with Crippen molar-refractivity contribution in [1.29, 1.82) is 0 Å². The minimum absolute atomic E-state index is 0. The molecular formula is C12H12NNaO2. The van der Waals surface area contributed by atoms with Crippen molar-refractivity contribution in [3.8, 4) is 5.75 Å². The Morgan fingerprint density at radius 3 is 2.69 bits per heavy atom. The summed E-state index contributed by atoms with van der Waals surface area (Å²) in [5.41, 5.74) is 0.790.